The molecule has 0 saturated carbocycles. The minimum absolute atomic E-state index is 0.775. The number of hydrogen-bond donors (Lipinski definition) is 19. The lowest BCUT2D eigenvalue weighted by atomic mass is 9.93. The van der Waals surface area contributed by atoms with E-state index in [1.165, 1.54) is 6.92 Å². The smallest absolute Gasteiger partial charge is 0.217 e. The van der Waals surface area contributed by atoms with Crippen molar-refractivity contribution >= 4 is 17.7 Å². The molecule has 33 heteroatoms. The predicted octanol–water partition coefficient (Wildman–Crippen LogP) is -12.6. The summed E-state index contributed by atoms with van der Waals surface area (Å²) in [6, 6.07) is -5.11. The highest BCUT2D eigenvalue weighted by molar-refractivity contribution is 5.74. The molecule has 0 aromatic heterocycles. The number of aliphatic hydroxyl groups excluding tert-OH is 16. The van der Waals surface area contributed by atoms with E-state index in [0.29, 0.717) is 0 Å². The van der Waals surface area contributed by atoms with Crippen LogP contribution in [0.15, 0.2) is 0 Å². The zero-order chi connectivity index (χ0) is 55.5. The van der Waals surface area contributed by atoms with Gasteiger partial charge in [-0.25, -0.2) is 0 Å². The van der Waals surface area contributed by atoms with Gasteiger partial charge in [0.15, 0.2) is 37.7 Å². The van der Waals surface area contributed by atoms with Crippen molar-refractivity contribution in [1.82, 2.24) is 16.0 Å². The molecule has 0 aromatic rings. The molecular formula is C42H71N3O30. The summed E-state index contributed by atoms with van der Waals surface area (Å²) >= 11 is 0. The van der Waals surface area contributed by atoms with E-state index in [9.17, 15) is 96.1 Å². The second-order valence-electron chi connectivity index (χ2n) is 19.0. The molecule has 0 spiro atoms. The van der Waals surface area contributed by atoms with E-state index in [2.05, 4.69) is 16.0 Å². The minimum atomic E-state index is -2.09. The van der Waals surface area contributed by atoms with E-state index in [1.54, 1.807) is 0 Å². The average Bonchev–Trinajstić information content (AvgIpc) is 3.36. The standard InChI is InChI=1S/C42H71N3O30/c1-10-22(53)28(59)31(62)40(66-10)75-36-30(61)24(55)15(6-47)70-42(36)74-35-21(45-13(4)52)39(68-16(7-48)25(35)56)73-34-20(44-12(3)51)37(64)67-18(26(34)57)9-65-38-19(43-11(2)50)27(58)33(17(8-49)71-38)72-41-32(63)29(60)23(54)14(5-46)69-41/h10,14-42,46-49,53-64H,5-9H2,1-4H3,(H,43,50)(H,44,51)(H,45,52)/t10-,14+,15+,16+,17+,18+,19+,20+,21+,22+,23-,24-,25+,26-,27+,28+,29-,30-,31-,32+,33+,34+,35+,36+,37?,38+,39-,40-,41-,42-/m0/s1. The quantitative estimate of drug-likeness (QED) is 0.0606. The Morgan fingerprint density at radius 1 is 0.373 bits per heavy atom. The van der Waals surface area contributed by atoms with Gasteiger partial charge in [0.25, 0.3) is 0 Å². The van der Waals surface area contributed by atoms with Gasteiger partial charge >= 0.3 is 0 Å². The molecule has 6 fully saturated rings. The second kappa shape index (κ2) is 26.5. The molecule has 75 heavy (non-hydrogen) atoms. The monoisotopic (exact) mass is 1100 g/mol. The number of carbonyl (C=O) groups is 3. The Morgan fingerprint density at radius 2 is 0.787 bits per heavy atom. The van der Waals surface area contributed by atoms with E-state index in [4.69, 9.17) is 52.1 Å². The van der Waals surface area contributed by atoms with Crippen molar-refractivity contribution in [1.29, 1.82) is 0 Å². The molecule has 0 radical (unpaired) electrons. The topological polar surface area (TPSA) is 513 Å². The summed E-state index contributed by atoms with van der Waals surface area (Å²) in [5, 5.41) is 179. The molecule has 33 nitrogen and oxygen atoms in total. The molecule has 19 N–H and O–H groups in total. The van der Waals surface area contributed by atoms with E-state index in [0.717, 1.165) is 20.8 Å². The Morgan fingerprint density at radius 3 is 1.36 bits per heavy atom. The van der Waals surface area contributed by atoms with Gasteiger partial charge in [0.2, 0.25) is 17.7 Å². The predicted molar refractivity (Wildman–Crippen MR) is 233 cm³/mol. The lowest BCUT2D eigenvalue weighted by molar-refractivity contribution is -0.384. The molecule has 6 heterocycles. The number of hydrogen-bond acceptors (Lipinski definition) is 30. The Balaban J connectivity index is 1.25. The van der Waals surface area contributed by atoms with Crippen LogP contribution in [0.1, 0.15) is 27.7 Å². The summed E-state index contributed by atoms with van der Waals surface area (Å²) in [6.07, 6.45) is -49.2. The number of amides is 3. The van der Waals surface area contributed by atoms with Crippen LogP contribution in [-0.4, -0.2) is 317 Å². The van der Waals surface area contributed by atoms with Gasteiger partial charge in [-0.1, -0.05) is 0 Å². The number of aliphatic hydroxyl groups is 16. The lowest BCUT2D eigenvalue weighted by Crippen LogP contribution is -2.71. The lowest BCUT2D eigenvalue weighted by Gasteiger charge is -2.50. The van der Waals surface area contributed by atoms with Crippen LogP contribution in [0.3, 0.4) is 0 Å². The highest BCUT2D eigenvalue weighted by Gasteiger charge is 2.57. The van der Waals surface area contributed by atoms with E-state index < -0.39 is 235 Å². The van der Waals surface area contributed by atoms with Gasteiger partial charge in [-0.2, -0.15) is 0 Å². The summed E-state index contributed by atoms with van der Waals surface area (Å²) < 4.78 is 63.7. The fourth-order valence-corrected chi connectivity index (χ4v) is 9.55. The third-order valence-electron chi connectivity index (χ3n) is 13.6. The van der Waals surface area contributed by atoms with Crippen molar-refractivity contribution in [2.75, 3.05) is 33.0 Å². The van der Waals surface area contributed by atoms with Crippen molar-refractivity contribution in [3.63, 3.8) is 0 Å². The third-order valence-corrected chi connectivity index (χ3v) is 13.6. The van der Waals surface area contributed by atoms with Crippen molar-refractivity contribution in [2.24, 2.45) is 0 Å². The molecule has 434 valence electrons. The first kappa shape index (κ1) is 61.5. The largest absolute Gasteiger partial charge is 0.394 e. The SMILES string of the molecule is CC(=O)N[C@H]1[C@H](OC[C@H]2OC(O)[C@H](NC(C)=O)[C@@H](O[C@@H]3O[C@H](CO)[C@@H](O)[C@H](O[C@@H]4O[C@H](CO)[C@H](O)[C@H](O)[C@H]4O[C@@H]4O[C@@H](C)[C@@H](O)[C@@H](O)[C@@H]4O)[C@H]3NC(C)=O)[C@H]2O)O[C@H](CO)[C@@H](O[C@@H]2O[C@H](CO)[C@H](O)[C@H](O)[C@H]2O)[C@@H]1O. The number of carbonyl (C=O) groups excluding carboxylic acids is 3. The van der Waals surface area contributed by atoms with E-state index in [1.807, 2.05) is 0 Å². The van der Waals surface area contributed by atoms with Crippen LogP contribution in [0, 0.1) is 0 Å². The van der Waals surface area contributed by atoms with E-state index >= 15 is 0 Å². The zero-order valence-corrected chi connectivity index (χ0v) is 40.7. The first-order valence-corrected chi connectivity index (χ1v) is 23.9. The fourth-order valence-electron chi connectivity index (χ4n) is 9.55. The van der Waals surface area contributed by atoms with Crippen molar-refractivity contribution in [2.45, 2.75) is 212 Å². The fraction of sp³-hybridized carbons (Fsp3) is 0.929. The molecule has 6 aliphatic heterocycles. The highest BCUT2D eigenvalue weighted by atomic mass is 16.8. The molecule has 1 unspecified atom stereocenters. The van der Waals surface area contributed by atoms with Gasteiger partial charge in [0, 0.05) is 20.8 Å². The Hall–Kier alpha value is -2.67. The number of nitrogens with one attached hydrogen (secondary N) is 3. The number of rotatable bonds is 18. The van der Waals surface area contributed by atoms with Crippen LogP contribution in [0.4, 0.5) is 0 Å². The average molecular weight is 1100 g/mol. The first-order chi connectivity index (χ1) is 35.4. The third kappa shape index (κ3) is 13.7. The highest BCUT2D eigenvalue weighted by Crippen LogP contribution is 2.36. The molecule has 6 saturated heterocycles. The molecule has 30 atom stereocenters. The van der Waals surface area contributed by atoms with Crippen LogP contribution < -0.4 is 16.0 Å². The zero-order valence-electron chi connectivity index (χ0n) is 40.7. The molecular weight excluding hydrogens is 1030 g/mol. The minimum Gasteiger partial charge on any atom is -0.394 e. The normalized spacial score (nSPS) is 48.6. The van der Waals surface area contributed by atoms with Crippen molar-refractivity contribution in [3.05, 3.63) is 0 Å². The molecule has 6 aliphatic rings. The summed E-state index contributed by atoms with van der Waals surface area (Å²) in [4.78, 5) is 37.8. The Labute approximate surface area is 426 Å². The van der Waals surface area contributed by atoms with Crippen LogP contribution >= 0.6 is 0 Å². The van der Waals surface area contributed by atoms with Crippen LogP contribution in [0.25, 0.3) is 0 Å². The van der Waals surface area contributed by atoms with Crippen LogP contribution in [0.5, 0.6) is 0 Å². The summed E-state index contributed by atoms with van der Waals surface area (Å²) in [7, 11) is 0. The molecule has 0 aliphatic carbocycles. The summed E-state index contributed by atoms with van der Waals surface area (Å²) in [6.45, 7) is -0.181. The maximum atomic E-state index is 12.9. The summed E-state index contributed by atoms with van der Waals surface area (Å²) in [5.41, 5.74) is 0. The van der Waals surface area contributed by atoms with Crippen molar-refractivity contribution < 1.29 is 148 Å². The van der Waals surface area contributed by atoms with Gasteiger partial charge in [-0.3, -0.25) is 14.4 Å². The summed E-state index contributed by atoms with van der Waals surface area (Å²) in [5.74, 6) is -2.44. The van der Waals surface area contributed by atoms with Crippen LogP contribution in [0.2, 0.25) is 0 Å². The number of ether oxygens (including phenoxy) is 11. The molecule has 3 amide bonds. The first-order valence-electron chi connectivity index (χ1n) is 23.9. The Kier molecular flexibility index (Phi) is 21.8. The molecule has 0 bridgehead atoms. The van der Waals surface area contributed by atoms with Gasteiger partial charge in [-0.15, -0.1) is 0 Å². The maximum absolute atomic E-state index is 12.9. The van der Waals surface area contributed by atoms with Crippen molar-refractivity contribution in [3.8, 4) is 0 Å². The van der Waals surface area contributed by atoms with Gasteiger partial charge in [0.05, 0.1) is 39.1 Å². The molecule has 0 aromatic carbocycles. The van der Waals surface area contributed by atoms with Gasteiger partial charge in [0.1, 0.15) is 140 Å². The van der Waals surface area contributed by atoms with Crippen LogP contribution in [-0.2, 0) is 66.5 Å². The van der Waals surface area contributed by atoms with Gasteiger partial charge in [-0.05, 0) is 6.92 Å². The Bertz CT molecular complexity index is 1850. The second-order valence-corrected chi connectivity index (χ2v) is 19.0. The molecule has 6 rings (SSSR count). The van der Waals surface area contributed by atoms with E-state index in [-0.39, 0.29) is 0 Å². The van der Waals surface area contributed by atoms with Gasteiger partial charge < -0.3 is 150 Å². The maximum Gasteiger partial charge on any atom is 0.217 e.